The van der Waals surface area contributed by atoms with Crippen LogP contribution in [0.25, 0.3) is 123 Å². The molecule has 8 heteroatoms. The fourth-order valence-electron chi connectivity index (χ4n) is 10.4. The van der Waals surface area contributed by atoms with E-state index < -0.39 is 0 Å². The molecule has 3 aromatic heterocycles. The Morgan fingerprint density at radius 2 is 0.608 bits per heavy atom. The molecule has 0 saturated carbocycles. The summed E-state index contributed by atoms with van der Waals surface area (Å²) in [6.45, 7) is 0. The molecule has 10 aromatic carbocycles. The Kier molecular flexibility index (Phi) is 10.5. The smallest absolute Gasteiger partial charge is 0.166 e. The normalized spacial score (nSPS) is 11.2. The predicted molar refractivity (Wildman–Crippen MR) is 295 cm³/mol. The summed E-state index contributed by atoms with van der Waals surface area (Å²) in [5.74, 6) is 1.36. The fourth-order valence-corrected chi connectivity index (χ4v) is 10.4. The summed E-state index contributed by atoms with van der Waals surface area (Å²) in [5, 5.41) is 34.0. The van der Waals surface area contributed by atoms with Crippen LogP contribution in [0.3, 0.4) is 0 Å². The van der Waals surface area contributed by atoms with Gasteiger partial charge < -0.3 is 9.13 Å². The van der Waals surface area contributed by atoms with E-state index in [4.69, 9.17) is 15.0 Å². The molecule has 0 aliphatic carbocycles. The number of rotatable bonds is 8. The number of benzene rings is 10. The van der Waals surface area contributed by atoms with Crippen LogP contribution in [-0.2, 0) is 0 Å². The molecule has 0 N–H and O–H groups in total. The summed E-state index contributed by atoms with van der Waals surface area (Å²) in [4.78, 5) is 16.5. The molecule has 0 aliphatic rings. The number of fused-ring (bicyclic) bond motifs is 6. The first-order valence-corrected chi connectivity index (χ1v) is 24.2. The van der Waals surface area contributed by atoms with Gasteiger partial charge in [0.1, 0.15) is 0 Å². The number of nitrogens with zero attached hydrogens (tertiary/aromatic N) is 8. The molecule has 8 nitrogen and oxygen atoms in total. The molecule has 0 aliphatic heterocycles. The zero-order chi connectivity index (χ0) is 49.7. The van der Waals surface area contributed by atoms with Gasteiger partial charge in [-0.05, 0) is 118 Å². The Balaban J connectivity index is 1.12. The van der Waals surface area contributed by atoms with Crippen molar-refractivity contribution in [3.63, 3.8) is 0 Å². The Bertz CT molecular complexity index is 4180. The second-order valence-corrected chi connectivity index (χ2v) is 18.2. The third-order valence-corrected chi connectivity index (χ3v) is 13.9. The van der Waals surface area contributed by atoms with E-state index in [1.807, 2.05) is 84.9 Å². The highest BCUT2D eigenvalue weighted by Crippen LogP contribution is 2.41. The van der Waals surface area contributed by atoms with Crippen molar-refractivity contribution < 1.29 is 0 Å². The molecule has 74 heavy (non-hydrogen) atoms. The number of hydrogen-bond donors (Lipinski definition) is 0. The molecule has 0 amide bonds. The van der Waals surface area contributed by atoms with E-state index in [0.717, 1.165) is 105 Å². The van der Waals surface area contributed by atoms with Crippen molar-refractivity contribution in [2.75, 3.05) is 0 Å². The number of hydrogen-bond acceptors (Lipinski definition) is 6. The molecule has 0 radical (unpaired) electrons. The van der Waals surface area contributed by atoms with Gasteiger partial charge in [-0.1, -0.05) is 146 Å². The van der Waals surface area contributed by atoms with E-state index in [1.54, 1.807) is 0 Å². The van der Waals surface area contributed by atoms with Gasteiger partial charge in [-0.15, -0.1) is 0 Å². The van der Waals surface area contributed by atoms with Crippen molar-refractivity contribution in [3.8, 4) is 97.1 Å². The maximum atomic E-state index is 10.0. The van der Waals surface area contributed by atoms with E-state index in [-0.39, 0.29) is 0 Å². The molecule has 0 fully saturated rings. The molecule has 342 valence electrons. The molecule has 3 heterocycles. The lowest BCUT2D eigenvalue weighted by Gasteiger charge is -2.18. The first kappa shape index (κ1) is 43.3. The van der Waals surface area contributed by atoms with Crippen LogP contribution in [-0.4, -0.2) is 24.1 Å². The summed E-state index contributed by atoms with van der Waals surface area (Å²) in [6, 6.07) is 84.4. The first-order chi connectivity index (χ1) is 36.5. The standard InChI is InChI=1S/C66H38N8/c67-39-42-23-25-45(26-24-42)46-27-29-47(30-28-46)64-70-65(56-37-50(48-13-9-11-43(35-48)40-68)31-33-62(56)73-58-19-5-1-15-52(58)53-16-2-6-20-59(53)73)72-66(71-64)57-38-51(49-14-10-12-44(36-49)41-69)32-34-63(57)74-60-21-7-3-17-54(60)55-18-4-8-22-61(55)74/h1-38H. The highest BCUT2D eigenvalue weighted by atomic mass is 15.1. The van der Waals surface area contributed by atoms with Gasteiger partial charge in [0, 0.05) is 38.2 Å². The zero-order valence-electron chi connectivity index (χ0n) is 39.5. The molecule has 0 unspecified atom stereocenters. The molecule has 0 saturated heterocycles. The van der Waals surface area contributed by atoms with Gasteiger partial charge in [-0.2, -0.15) is 15.8 Å². The minimum atomic E-state index is 0.446. The largest absolute Gasteiger partial charge is 0.309 e. The van der Waals surface area contributed by atoms with Crippen LogP contribution in [0, 0.1) is 34.0 Å². The van der Waals surface area contributed by atoms with E-state index in [1.165, 1.54) is 0 Å². The maximum absolute atomic E-state index is 10.0. The molecule has 0 bridgehead atoms. The van der Waals surface area contributed by atoms with Crippen LogP contribution in [0.4, 0.5) is 0 Å². The minimum absolute atomic E-state index is 0.446. The monoisotopic (exact) mass is 942 g/mol. The minimum Gasteiger partial charge on any atom is -0.309 e. The second kappa shape index (κ2) is 17.9. The zero-order valence-corrected chi connectivity index (χ0v) is 39.5. The molecule has 13 rings (SSSR count). The summed E-state index contributed by atoms with van der Waals surface area (Å²) >= 11 is 0. The van der Waals surface area contributed by atoms with Crippen molar-refractivity contribution in [2.24, 2.45) is 0 Å². The maximum Gasteiger partial charge on any atom is 0.166 e. The Morgan fingerprint density at radius 1 is 0.270 bits per heavy atom. The van der Waals surface area contributed by atoms with Crippen molar-refractivity contribution in [1.82, 2.24) is 24.1 Å². The number of aromatic nitrogens is 5. The van der Waals surface area contributed by atoms with Crippen LogP contribution in [0.15, 0.2) is 231 Å². The van der Waals surface area contributed by atoms with Gasteiger partial charge in [-0.25, -0.2) is 15.0 Å². The lowest BCUT2D eigenvalue weighted by atomic mass is 9.98. The van der Waals surface area contributed by atoms with E-state index >= 15 is 0 Å². The predicted octanol–water partition coefficient (Wildman–Crippen LogP) is 15.7. The first-order valence-electron chi connectivity index (χ1n) is 24.2. The summed E-state index contributed by atoms with van der Waals surface area (Å²) in [7, 11) is 0. The topological polar surface area (TPSA) is 120 Å². The molecule has 0 atom stereocenters. The van der Waals surface area contributed by atoms with Gasteiger partial charge in [0.05, 0.1) is 68.3 Å². The van der Waals surface area contributed by atoms with Crippen LogP contribution in [0.2, 0.25) is 0 Å². The second-order valence-electron chi connectivity index (χ2n) is 18.2. The summed E-state index contributed by atoms with van der Waals surface area (Å²) < 4.78 is 4.58. The van der Waals surface area contributed by atoms with E-state index in [9.17, 15) is 15.8 Å². The van der Waals surface area contributed by atoms with Gasteiger partial charge in [0.15, 0.2) is 17.5 Å². The van der Waals surface area contributed by atoms with Crippen molar-refractivity contribution in [1.29, 1.82) is 15.8 Å². The fraction of sp³-hybridized carbons (Fsp3) is 0. The van der Waals surface area contributed by atoms with Crippen molar-refractivity contribution in [3.05, 3.63) is 247 Å². The Morgan fingerprint density at radius 3 is 1.01 bits per heavy atom. The van der Waals surface area contributed by atoms with Crippen molar-refractivity contribution >= 4 is 43.6 Å². The van der Waals surface area contributed by atoms with Crippen LogP contribution in [0.5, 0.6) is 0 Å². The van der Waals surface area contributed by atoms with E-state index in [0.29, 0.717) is 34.2 Å². The third-order valence-electron chi connectivity index (χ3n) is 13.9. The molecule has 13 aromatic rings. The summed E-state index contributed by atoms with van der Waals surface area (Å²) in [6.07, 6.45) is 0. The lowest BCUT2D eigenvalue weighted by molar-refractivity contribution is 1.06. The lowest BCUT2D eigenvalue weighted by Crippen LogP contribution is -2.06. The highest BCUT2D eigenvalue weighted by molar-refractivity contribution is 6.11. The average molecular weight is 943 g/mol. The van der Waals surface area contributed by atoms with Gasteiger partial charge in [0.2, 0.25) is 0 Å². The molecular formula is C66H38N8. The van der Waals surface area contributed by atoms with Gasteiger partial charge in [-0.3, -0.25) is 0 Å². The van der Waals surface area contributed by atoms with Crippen LogP contribution < -0.4 is 0 Å². The number of para-hydroxylation sites is 4. The SMILES string of the molecule is N#Cc1ccc(-c2ccc(-c3nc(-c4cc(-c5cccc(C#N)c5)ccc4-n4c5ccccc5c5ccccc54)nc(-c4cc(-c5cccc(C#N)c5)ccc4-n4c5ccccc5c5ccccc54)n3)cc2)cc1. The average Bonchev–Trinajstić information content (AvgIpc) is 4.00. The number of nitriles is 3. The van der Waals surface area contributed by atoms with E-state index in [2.05, 4.69) is 173 Å². The van der Waals surface area contributed by atoms with Gasteiger partial charge in [0.25, 0.3) is 0 Å². The molecular weight excluding hydrogens is 905 g/mol. The van der Waals surface area contributed by atoms with Crippen LogP contribution in [0.1, 0.15) is 16.7 Å². The Hall–Kier alpha value is -10.7. The molecule has 0 spiro atoms. The van der Waals surface area contributed by atoms with Crippen molar-refractivity contribution in [2.45, 2.75) is 0 Å². The highest BCUT2D eigenvalue weighted by Gasteiger charge is 2.24. The van der Waals surface area contributed by atoms with Crippen LogP contribution >= 0.6 is 0 Å². The summed E-state index contributed by atoms with van der Waals surface area (Å²) in [5.41, 5.74) is 15.4. The van der Waals surface area contributed by atoms with Gasteiger partial charge >= 0.3 is 0 Å². The quantitative estimate of drug-likeness (QED) is 0.150. The Labute approximate surface area is 425 Å². The third kappa shape index (κ3) is 7.42.